The van der Waals surface area contributed by atoms with Crippen LogP contribution in [0.1, 0.15) is 33.1 Å². The highest BCUT2D eigenvalue weighted by Gasteiger charge is 2.60. The molecule has 2 heteroatoms. The molecule has 3 rings (SSSR count). The Hall–Kier alpha value is -0.0800. The zero-order valence-electron chi connectivity index (χ0n) is 7.88. The molecule has 70 valence electrons. The maximum absolute atomic E-state index is 10.1. The Bertz CT molecular complexity index is 198. The predicted octanol–water partition coefficient (Wildman–Crippen LogP) is 1.17. The van der Waals surface area contributed by atoms with Crippen LogP contribution in [0.2, 0.25) is 0 Å². The summed E-state index contributed by atoms with van der Waals surface area (Å²) in [5, 5.41) is 19.2. The van der Waals surface area contributed by atoms with E-state index in [2.05, 4.69) is 13.8 Å². The normalized spacial score (nSPS) is 50.0. The Morgan fingerprint density at radius 2 is 2.08 bits per heavy atom. The maximum Gasteiger partial charge on any atom is 0.0910 e. The van der Waals surface area contributed by atoms with Crippen molar-refractivity contribution in [2.24, 2.45) is 17.3 Å². The van der Waals surface area contributed by atoms with Gasteiger partial charge in [0.1, 0.15) is 0 Å². The number of aliphatic hydroxyl groups is 2. The van der Waals surface area contributed by atoms with Crippen molar-refractivity contribution in [2.45, 2.75) is 38.7 Å². The highest BCUT2D eigenvalue weighted by Crippen LogP contribution is 2.62. The lowest BCUT2D eigenvalue weighted by atomic mass is 9.44. The largest absolute Gasteiger partial charge is 0.393 e. The Morgan fingerprint density at radius 3 is 2.42 bits per heavy atom. The summed E-state index contributed by atoms with van der Waals surface area (Å²) in [5.74, 6) is 1.11. The van der Waals surface area contributed by atoms with Crippen LogP contribution in [-0.4, -0.2) is 22.4 Å². The quantitative estimate of drug-likeness (QED) is 0.620. The fourth-order valence-electron chi connectivity index (χ4n) is 3.21. The molecule has 0 radical (unpaired) electrons. The van der Waals surface area contributed by atoms with Gasteiger partial charge in [-0.05, 0) is 36.5 Å². The molecular weight excluding hydrogens is 152 g/mol. The van der Waals surface area contributed by atoms with Crippen LogP contribution in [0.5, 0.6) is 0 Å². The van der Waals surface area contributed by atoms with Crippen molar-refractivity contribution >= 4 is 0 Å². The molecule has 0 aromatic rings. The standard InChI is InChI=1S/C10H18O2/c1-9(2)7-3-4-10(12,6-11)8(9)5-7/h7-8,11-12H,3-6H2,1-2H3/t7-,8-,10-/m1/s1. The van der Waals surface area contributed by atoms with Gasteiger partial charge in [-0.25, -0.2) is 0 Å². The van der Waals surface area contributed by atoms with E-state index >= 15 is 0 Å². The van der Waals surface area contributed by atoms with Gasteiger partial charge in [-0.1, -0.05) is 13.8 Å². The Balaban J connectivity index is 2.21. The van der Waals surface area contributed by atoms with Crippen LogP contribution in [0.15, 0.2) is 0 Å². The first kappa shape index (κ1) is 8.52. The third-order valence-electron chi connectivity index (χ3n) is 4.32. The molecule has 0 aliphatic heterocycles. The predicted molar refractivity (Wildman–Crippen MR) is 46.6 cm³/mol. The van der Waals surface area contributed by atoms with Crippen molar-refractivity contribution in [3.8, 4) is 0 Å². The van der Waals surface area contributed by atoms with E-state index in [-0.39, 0.29) is 12.0 Å². The van der Waals surface area contributed by atoms with Gasteiger partial charge in [0, 0.05) is 0 Å². The van der Waals surface area contributed by atoms with Crippen LogP contribution in [0.3, 0.4) is 0 Å². The third-order valence-corrected chi connectivity index (χ3v) is 4.32. The topological polar surface area (TPSA) is 40.5 Å². The maximum atomic E-state index is 10.1. The van der Waals surface area contributed by atoms with E-state index in [1.54, 1.807) is 0 Å². The average Bonchev–Trinajstić information content (AvgIpc) is 2.04. The molecule has 0 heterocycles. The smallest absolute Gasteiger partial charge is 0.0910 e. The number of rotatable bonds is 1. The number of hydrogen-bond acceptors (Lipinski definition) is 2. The van der Waals surface area contributed by atoms with E-state index in [4.69, 9.17) is 5.11 Å². The second kappa shape index (κ2) is 2.24. The average molecular weight is 170 g/mol. The van der Waals surface area contributed by atoms with E-state index in [9.17, 15) is 5.11 Å². The van der Waals surface area contributed by atoms with Crippen LogP contribution in [-0.2, 0) is 0 Å². The summed E-state index contributed by atoms with van der Waals surface area (Å²) in [6.07, 6.45) is 2.99. The van der Waals surface area contributed by atoms with Gasteiger partial charge >= 0.3 is 0 Å². The molecule has 0 aromatic carbocycles. The molecule has 3 atom stereocenters. The molecule has 3 aliphatic rings. The van der Waals surface area contributed by atoms with Gasteiger partial charge in [0.25, 0.3) is 0 Å². The van der Waals surface area contributed by atoms with E-state index in [0.717, 1.165) is 25.2 Å². The zero-order valence-corrected chi connectivity index (χ0v) is 7.88. The lowest BCUT2D eigenvalue weighted by Gasteiger charge is -2.63. The molecular formula is C10H18O2. The minimum Gasteiger partial charge on any atom is -0.393 e. The molecule has 0 aromatic heterocycles. The summed E-state index contributed by atoms with van der Waals surface area (Å²) in [5.41, 5.74) is -0.506. The van der Waals surface area contributed by atoms with Crippen molar-refractivity contribution < 1.29 is 10.2 Å². The number of aliphatic hydroxyl groups excluding tert-OH is 1. The molecule has 3 fully saturated rings. The van der Waals surface area contributed by atoms with Gasteiger partial charge in [-0.15, -0.1) is 0 Å². The SMILES string of the molecule is CC1(C)[C@@H]2CC[C@@](O)(CO)[C@@H]1C2. The fourth-order valence-corrected chi connectivity index (χ4v) is 3.21. The minimum atomic E-state index is -0.766. The summed E-state index contributed by atoms with van der Waals surface area (Å²) in [6.45, 7) is 4.37. The molecule has 12 heavy (non-hydrogen) atoms. The summed E-state index contributed by atoms with van der Waals surface area (Å²) >= 11 is 0. The van der Waals surface area contributed by atoms with Gasteiger partial charge in [0.05, 0.1) is 12.2 Å². The van der Waals surface area contributed by atoms with E-state index in [1.165, 1.54) is 0 Å². The van der Waals surface area contributed by atoms with E-state index in [0.29, 0.717) is 5.92 Å². The molecule has 3 aliphatic carbocycles. The molecule has 2 bridgehead atoms. The minimum absolute atomic E-state index is 0.0617. The van der Waals surface area contributed by atoms with Gasteiger partial charge in [0.15, 0.2) is 0 Å². The van der Waals surface area contributed by atoms with Crippen molar-refractivity contribution in [2.75, 3.05) is 6.61 Å². The molecule has 0 spiro atoms. The molecule has 0 saturated heterocycles. The second-order valence-electron chi connectivity index (χ2n) is 5.11. The number of hydrogen-bond donors (Lipinski definition) is 2. The summed E-state index contributed by atoms with van der Waals surface area (Å²) in [4.78, 5) is 0. The van der Waals surface area contributed by atoms with Crippen molar-refractivity contribution in [3.63, 3.8) is 0 Å². The van der Waals surface area contributed by atoms with E-state index < -0.39 is 5.60 Å². The third kappa shape index (κ3) is 0.826. The van der Waals surface area contributed by atoms with Gasteiger partial charge < -0.3 is 10.2 Å². The van der Waals surface area contributed by atoms with Crippen LogP contribution in [0.4, 0.5) is 0 Å². The highest BCUT2D eigenvalue weighted by molar-refractivity contribution is 5.10. The van der Waals surface area contributed by atoms with Crippen molar-refractivity contribution in [1.29, 1.82) is 0 Å². The van der Waals surface area contributed by atoms with Crippen molar-refractivity contribution in [3.05, 3.63) is 0 Å². The van der Waals surface area contributed by atoms with Crippen LogP contribution in [0.25, 0.3) is 0 Å². The van der Waals surface area contributed by atoms with E-state index in [1.807, 2.05) is 0 Å². The second-order valence-corrected chi connectivity index (χ2v) is 5.11. The molecule has 2 nitrogen and oxygen atoms in total. The summed E-state index contributed by atoms with van der Waals surface area (Å²) < 4.78 is 0. The molecule has 0 amide bonds. The van der Waals surface area contributed by atoms with Gasteiger partial charge in [0.2, 0.25) is 0 Å². The lowest BCUT2D eigenvalue weighted by Crippen LogP contribution is -2.62. The van der Waals surface area contributed by atoms with Crippen LogP contribution >= 0.6 is 0 Å². The first-order valence-corrected chi connectivity index (χ1v) is 4.84. The first-order chi connectivity index (χ1) is 5.50. The molecule has 0 unspecified atom stereocenters. The Kier molecular flexibility index (Phi) is 1.59. The van der Waals surface area contributed by atoms with Crippen LogP contribution < -0.4 is 0 Å². The fraction of sp³-hybridized carbons (Fsp3) is 1.00. The summed E-state index contributed by atoms with van der Waals surface area (Å²) in [7, 11) is 0. The molecule has 2 N–H and O–H groups in total. The first-order valence-electron chi connectivity index (χ1n) is 4.84. The van der Waals surface area contributed by atoms with Crippen LogP contribution in [0, 0.1) is 17.3 Å². The summed E-state index contributed by atoms with van der Waals surface area (Å²) in [6, 6.07) is 0. The van der Waals surface area contributed by atoms with Gasteiger partial charge in [-0.3, -0.25) is 0 Å². The van der Waals surface area contributed by atoms with Gasteiger partial charge in [-0.2, -0.15) is 0 Å². The molecule has 3 saturated carbocycles. The monoisotopic (exact) mass is 170 g/mol. The zero-order chi connectivity index (χ0) is 8.98. The lowest BCUT2D eigenvalue weighted by molar-refractivity contribution is -0.215. The number of fused-ring (bicyclic) bond motifs is 2. The van der Waals surface area contributed by atoms with Crippen molar-refractivity contribution in [1.82, 2.24) is 0 Å². The Morgan fingerprint density at radius 1 is 1.42 bits per heavy atom. The Labute approximate surface area is 73.6 Å². The highest BCUT2D eigenvalue weighted by atomic mass is 16.3.